The van der Waals surface area contributed by atoms with Crippen LogP contribution in [0, 0.1) is 18.8 Å². The van der Waals surface area contributed by atoms with E-state index in [4.69, 9.17) is 0 Å². The van der Waals surface area contributed by atoms with Crippen LogP contribution in [0.5, 0.6) is 0 Å². The van der Waals surface area contributed by atoms with Gasteiger partial charge in [-0.3, -0.25) is 0 Å². The predicted octanol–water partition coefficient (Wildman–Crippen LogP) is 2.06. The van der Waals surface area contributed by atoms with E-state index in [2.05, 4.69) is 29.2 Å². The summed E-state index contributed by atoms with van der Waals surface area (Å²) in [5.74, 6) is 6.03. The molecule has 0 aliphatic heterocycles. The maximum absolute atomic E-state index is 11.2. The third-order valence-corrected chi connectivity index (χ3v) is 2.11. The molecule has 0 N–H and O–H groups in total. The zero-order valence-electron chi connectivity index (χ0n) is 8.70. The second-order valence-corrected chi connectivity index (χ2v) is 3.30. The van der Waals surface area contributed by atoms with Gasteiger partial charge in [-0.15, -0.1) is 0 Å². The number of benzene rings is 1. The summed E-state index contributed by atoms with van der Waals surface area (Å²) in [5.41, 5.74) is 2.43. The van der Waals surface area contributed by atoms with Crippen LogP contribution in [-0.4, -0.2) is 18.8 Å². The number of carbonyl (C=O) groups is 1. The SMILES string of the molecule is COC(=O)c1ccc(C#CCS)c(C)c1. The molecule has 0 aromatic heterocycles. The summed E-state index contributed by atoms with van der Waals surface area (Å²) in [7, 11) is 1.37. The van der Waals surface area contributed by atoms with E-state index in [-0.39, 0.29) is 5.97 Å². The van der Waals surface area contributed by atoms with Gasteiger partial charge < -0.3 is 4.74 Å². The molecule has 2 nitrogen and oxygen atoms in total. The van der Waals surface area contributed by atoms with E-state index < -0.39 is 0 Å². The fourth-order valence-corrected chi connectivity index (χ4v) is 1.26. The van der Waals surface area contributed by atoms with Gasteiger partial charge >= 0.3 is 5.97 Å². The quantitative estimate of drug-likeness (QED) is 0.445. The molecular weight excluding hydrogens is 208 g/mol. The topological polar surface area (TPSA) is 26.3 Å². The fraction of sp³-hybridized carbons (Fsp3) is 0.250. The average molecular weight is 220 g/mol. The molecule has 0 saturated carbocycles. The number of hydrogen-bond donors (Lipinski definition) is 1. The third kappa shape index (κ3) is 3.03. The van der Waals surface area contributed by atoms with Crippen LogP contribution in [0.2, 0.25) is 0 Å². The van der Waals surface area contributed by atoms with Crippen molar-refractivity contribution in [3.63, 3.8) is 0 Å². The largest absolute Gasteiger partial charge is 0.465 e. The highest BCUT2D eigenvalue weighted by Crippen LogP contribution is 2.10. The first-order valence-corrected chi connectivity index (χ1v) is 5.11. The summed E-state index contributed by atoms with van der Waals surface area (Å²) < 4.78 is 4.63. The second-order valence-electron chi connectivity index (χ2n) is 2.98. The maximum Gasteiger partial charge on any atom is 0.337 e. The van der Waals surface area contributed by atoms with Crippen LogP contribution in [0.15, 0.2) is 18.2 Å². The van der Waals surface area contributed by atoms with Gasteiger partial charge in [0, 0.05) is 5.56 Å². The molecule has 1 aromatic carbocycles. The Kier molecular flexibility index (Phi) is 4.26. The van der Waals surface area contributed by atoms with Crippen molar-refractivity contribution in [3.8, 4) is 11.8 Å². The van der Waals surface area contributed by atoms with Gasteiger partial charge in [-0.05, 0) is 30.7 Å². The van der Waals surface area contributed by atoms with E-state index in [0.717, 1.165) is 11.1 Å². The molecule has 15 heavy (non-hydrogen) atoms. The van der Waals surface area contributed by atoms with Gasteiger partial charge in [-0.1, -0.05) is 11.8 Å². The Hall–Kier alpha value is -1.40. The van der Waals surface area contributed by atoms with Gasteiger partial charge in [-0.2, -0.15) is 12.6 Å². The second kappa shape index (κ2) is 5.47. The van der Waals surface area contributed by atoms with Gasteiger partial charge in [0.25, 0.3) is 0 Å². The molecule has 0 bridgehead atoms. The van der Waals surface area contributed by atoms with Crippen LogP contribution in [0.3, 0.4) is 0 Å². The molecule has 0 aliphatic carbocycles. The van der Waals surface area contributed by atoms with E-state index in [1.54, 1.807) is 12.1 Å². The number of thiol groups is 1. The number of hydrogen-bond acceptors (Lipinski definition) is 3. The van der Waals surface area contributed by atoms with Gasteiger partial charge in [0.2, 0.25) is 0 Å². The summed E-state index contributed by atoms with van der Waals surface area (Å²) in [6.07, 6.45) is 0. The van der Waals surface area contributed by atoms with Gasteiger partial charge in [-0.25, -0.2) is 4.79 Å². The van der Waals surface area contributed by atoms with Crippen molar-refractivity contribution < 1.29 is 9.53 Å². The van der Waals surface area contributed by atoms with Crippen molar-refractivity contribution >= 4 is 18.6 Å². The molecule has 0 spiro atoms. The Balaban J connectivity index is 3.03. The highest BCUT2D eigenvalue weighted by Gasteiger charge is 2.05. The summed E-state index contributed by atoms with van der Waals surface area (Å²) in [6.45, 7) is 1.91. The molecule has 0 heterocycles. The van der Waals surface area contributed by atoms with Crippen molar-refractivity contribution in [3.05, 3.63) is 34.9 Å². The van der Waals surface area contributed by atoms with Crippen LogP contribution in [0.25, 0.3) is 0 Å². The number of carbonyl (C=O) groups excluding carboxylic acids is 1. The molecular formula is C12H12O2S. The molecule has 0 fully saturated rings. The Bertz CT molecular complexity index is 427. The van der Waals surface area contributed by atoms with Gasteiger partial charge in [0.15, 0.2) is 0 Å². The Labute approximate surface area is 95.1 Å². The lowest BCUT2D eigenvalue weighted by Crippen LogP contribution is -2.01. The lowest BCUT2D eigenvalue weighted by molar-refractivity contribution is 0.0600. The van der Waals surface area contributed by atoms with Crippen LogP contribution in [-0.2, 0) is 4.74 Å². The standard InChI is InChI=1S/C12H12O2S/c1-9-8-11(12(13)14-2)6-5-10(9)4-3-7-15/h5-6,8,15H,7H2,1-2H3. The zero-order valence-corrected chi connectivity index (χ0v) is 9.60. The van der Waals surface area contributed by atoms with E-state index in [9.17, 15) is 4.79 Å². The van der Waals surface area contributed by atoms with E-state index in [1.807, 2.05) is 13.0 Å². The minimum atomic E-state index is -0.327. The molecule has 3 heteroatoms. The minimum Gasteiger partial charge on any atom is -0.465 e. The minimum absolute atomic E-state index is 0.327. The first-order chi connectivity index (χ1) is 7.19. The van der Waals surface area contributed by atoms with Crippen LogP contribution >= 0.6 is 12.6 Å². The first-order valence-electron chi connectivity index (χ1n) is 4.47. The number of aryl methyl sites for hydroxylation is 1. The molecule has 1 aromatic rings. The molecule has 0 radical (unpaired) electrons. The van der Waals surface area contributed by atoms with Gasteiger partial charge in [0.05, 0.1) is 18.4 Å². The van der Waals surface area contributed by atoms with Crippen molar-refractivity contribution in [2.45, 2.75) is 6.92 Å². The molecule has 0 atom stereocenters. The molecule has 0 amide bonds. The number of methoxy groups -OCH3 is 1. The molecule has 0 saturated heterocycles. The summed E-state index contributed by atoms with van der Waals surface area (Å²) in [6, 6.07) is 5.30. The maximum atomic E-state index is 11.2. The molecule has 78 valence electrons. The summed E-state index contributed by atoms with van der Waals surface area (Å²) >= 11 is 4.01. The van der Waals surface area contributed by atoms with Crippen LogP contribution in [0.4, 0.5) is 0 Å². The van der Waals surface area contributed by atoms with Crippen molar-refractivity contribution in [1.82, 2.24) is 0 Å². The predicted molar refractivity (Wildman–Crippen MR) is 63.2 cm³/mol. The highest BCUT2D eigenvalue weighted by molar-refractivity contribution is 7.80. The number of esters is 1. The Morgan fingerprint density at radius 2 is 2.27 bits per heavy atom. The zero-order chi connectivity index (χ0) is 11.3. The Morgan fingerprint density at radius 1 is 1.53 bits per heavy atom. The third-order valence-electron chi connectivity index (χ3n) is 1.95. The van der Waals surface area contributed by atoms with Crippen molar-refractivity contribution in [1.29, 1.82) is 0 Å². The highest BCUT2D eigenvalue weighted by atomic mass is 32.1. The van der Waals surface area contributed by atoms with Crippen molar-refractivity contribution in [2.75, 3.05) is 12.9 Å². The smallest absolute Gasteiger partial charge is 0.337 e. The number of ether oxygens (including phenoxy) is 1. The van der Waals surface area contributed by atoms with Crippen LogP contribution < -0.4 is 0 Å². The van der Waals surface area contributed by atoms with Crippen LogP contribution in [0.1, 0.15) is 21.5 Å². The Morgan fingerprint density at radius 3 is 2.80 bits per heavy atom. The number of rotatable bonds is 1. The monoisotopic (exact) mass is 220 g/mol. The van der Waals surface area contributed by atoms with E-state index in [0.29, 0.717) is 11.3 Å². The first kappa shape index (κ1) is 11.7. The van der Waals surface area contributed by atoms with E-state index in [1.165, 1.54) is 7.11 Å². The average Bonchev–Trinajstić information content (AvgIpc) is 2.26. The van der Waals surface area contributed by atoms with E-state index >= 15 is 0 Å². The molecule has 1 rings (SSSR count). The lowest BCUT2D eigenvalue weighted by Gasteiger charge is -2.02. The molecule has 0 unspecified atom stereocenters. The van der Waals surface area contributed by atoms with Crippen molar-refractivity contribution in [2.24, 2.45) is 0 Å². The van der Waals surface area contributed by atoms with Gasteiger partial charge in [0.1, 0.15) is 0 Å². The normalized spacial score (nSPS) is 9.00. The lowest BCUT2D eigenvalue weighted by atomic mass is 10.1. The summed E-state index contributed by atoms with van der Waals surface area (Å²) in [4.78, 5) is 11.2. The fourth-order valence-electron chi connectivity index (χ4n) is 1.18. The summed E-state index contributed by atoms with van der Waals surface area (Å²) in [5, 5.41) is 0. The molecule has 0 aliphatic rings.